The van der Waals surface area contributed by atoms with Crippen molar-refractivity contribution in [2.45, 2.75) is 77.2 Å². The summed E-state index contributed by atoms with van der Waals surface area (Å²) in [5, 5.41) is 1.33. The van der Waals surface area contributed by atoms with Crippen molar-refractivity contribution in [3.63, 3.8) is 0 Å². The average Bonchev–Trinajstić information content (AvgIpc) is 2.97. The highest BCUT2D eigenvalue weighted by Crippen LogP contribution is 2.35. The lowest BCUT2D eigenvalue weighted by molar-refractivity contribution is -0.109. The van der Waals surface area contributed by atoms with Crippen molar-refractivity contribution >= 4 is 28.1 Å². The molecule has 11 heteroatoms. The Morgan fingerprint density at radius 2 is 1.75 bits per heavy atom. The highest BCUT2D eigenvalue weighted by Gasteiger charge is 2.30. The van der Waals surface area contributed by atoms with E-state index in [2.05, 4.69) is 4.83 Å². The van der Waals surface area contributed by atoms with Crippen LogP contribution in [0.1, 0.15) is 64.3 Å². The maximum absolute atomic E-state index is 13.6. The molecule has 1 N–H and O–H groups in total. The number of nitrogens with one attached hydrogen (secondary N) is 1. The van der Waals surface area contributed by atoms with Crippen LogP contribution in [-0.2, 0) is 32.5 Å². The van der Waals surface area contributed by atoms with Crippen LogP contribution >= 0.6 is 0 Å². The van der Waals surface area contributed by atoms with Gasteiger partial charge in [-0.05, 0) is 101 Å². The summed E-state index contributed by atoms with van der Waals surface area (Å²) in [5.74, 6) is 0.956. The molecule has 1 amide bonds. The highest BCUT2D eigenvalue weighted by molar-refractivity contribution is 7.89. The second-order valence-electron chi connectivity index (χ2n) is 11.8. The first kappa shape index (κ1) is 32.8. The Kier molecular flexibility index (Phi) is 10.2. The zero-order valence-corrected chi connectivity index (χ0v) is 26.9. The van der Waals surface area contributed by atoms with Gasteiger partial charge >= 0.3 is 6.09 Å². The summed E-state index contributed by atoms with van der Waals surface area (Å²) < 4.78 is 44.5. The fourth-order valence-corrected chi connectivity index (χ4v) is 5.94. The van der Waals surface area contributed by atoms with Gasteiger partial charge in [0.05, 0.1) is 23.3 Å². The fourth-order valence-electron chi connectivity index (χ4n) is 4.84. The molecule has 10 nitrogen and oxygen atoms in total. The maximum atomic E-state index is 13.6. The van der Waals surface area contributed by atoms with Crippen molar-refractivity contribution in [2.24, 2.45) is 0 Å². The molecule has 0 fully saturated rings. The zero-order valence-electron chi connectivity index (χ0n) is 26.1. The minimum absolute atomic E-state index is 0.0411. The molecule has 0 aromatic heterocycles. The Hall–Kier alpha value is -4.09. The van der Waals surface area contributed by atoms with Crippen LogP contribution in [0.5, 0.6) is 11.5 Å². The molecule has 0 aliphatic carbocycles. The predicted molar refractivity (Wildman–Crippen MR) is 168 cm³/mol. The van der Waals surface area contributed by atoms with E-state index in [4.69, 9.17) is 14.2 Å². The number of carbonyl (C=O) groups excluding carboxylic acids is 2. The van der Waals surface area contributed by atoms with E-state index in [1.165, 1.54) is 17.1 Å². The molecule has 3 aromatic carbocycles. The standard InChI is InChI=1S/C33H41N3O7S/c1-7-41-31-20-25(14-16-30(31)42-23(2)3)29(22-37)36(34-44(39,40)28-11-9-8-10-12-28)27-15-13-24-17-18-35(21-26(24)19-27)32(38)43-33(4,5)6/h8-16,19-20,22-23,29,34H,7,17-18,21H2,1-6H3. The number of ether oxygens (including phenoxy) is 3. The van der Waals surface area contributed by atoms with Crippen LogP contribution in [-0.4, -0.2) is 50.6 Å². The predicted octanol–water partition coefficient (Wildman–Crippen LogP) is 5.81. The van der Waals surface area contributed by atoms with Gasteiger partial charge in [0.25, 0.3) is 10.0 Å². The number of hydrogen-bond acceptors (Lipinski definition) is 8. The molecule has 0 radical (unpaired) electrons. The van der Waals surface area contributed by atoms with Gasteiger partial charge in [-0.15, -0.1) is 4.83 Å². The number of nitrogens with zero attached hydrogens (tertiary/aromatic N) is 2. The maximum Gasteiger partial charge on any atom is 0.410 e. The number of amides is 1. The second kappa shape index (κ2) is 13.7. The number of sulfonamides is 1. The number of rotatable bonds is 11. The van der Waals surface area contributed by atoms with Gasteiger partial charge in [-0.3, -0.25) is 5.01 Å². The third-order valence-electron chi connectivity index (χ3n) is 6.78. The lowest BCUT2D eigenvalue weighted by atomic mass is 9.98. The Labute approximate surface area is 259 Å². The minimum atomic E-state index is -4.10. The molecule has 44 heavy (non-hydrogen) atoms. The number of hydrogen-bond donors (Lipinski definition) is 1. The molecule has 1 unspecified atom stereocenters. The molecular formula is C33H41N3O7S. The smallest absolute Gasteiger partial charge is 0.410 e. The molecule has 0 saturated carbocycles. The van der Waals surface area contributed by atoms with E-state index >= 15 is 0 Å². The molecule has 0 bridgehead atoms. The second-order valence-corrected chi connectivity index (χ2v) is 13.4. The monoisotopic (exact) mass is 623 g/mol. The molecule has 1 aliphatic rings. The molecule has 0 saturated heterocycles. The Morgan fingerprint density at radius 3 is 2.39 bits per heavy atom. The zero-order chi connectivity index (χ0) is 32.1. The van der Waals surface area contributed by atoms with Gasteiger partial charge in [0.2, 0.25) is 0 Å². The summed E-state index contributed by atoms with van der Waals surface area (Å²) in [6.45, 7) is 12.2. The van der Waals surface area contributed by atoms with Crippen LogP contribution in [0.4, 0.5) is 10.5 Å². The van der Waals surface area contributed by atoms with E-state index in [1.807, 2.05) is 47.6 Å². The average molecular weight is 624 g/mol. The van der Waals surface area contributed by atoms with E-state index < -0.39 is 27.8 Å². The quantitative estimate of drug-likeness (QED) is 0.210. The van der Waals surface area contributed by atoms with Crippen molar-refractivity contribution in [2.75, 3.05) is 18.2 Å². The minimum Gasteiger partial charge on any atom is -0.490 e. The topological polar surface area (TPSA) is 114 Å². The molecular weight excluding hydrogens is 582 g/mol. The normalized spacial score (nSPS) is 14.0. The van der Waals surface area contributed by atoms with Crippen LogP contribution in [0.25, 0.3) is 0 Å². The Balaban J connectivity index is 1.77. The van der Waals surface area contributed by atoms with Crippen molar-refractivity contribution in [3.8, 4) is 11.5 Å². The van der Waals surface area contributed by atoms with Gasteiger partial charge in [-0.25, -0.2) is 13.2 Å². The first-order valence-corrected chi connectivity index (χ1v) is 16.1. The molecule has 3 aromatic rings. The summed E-state index contributed by atoms with van der Waals surface area (Å²) in [4.78, 5) is 30.0. The molecule has 236 valence electrons. The first-order valence-electron chi connectivity index (χ1n) is 14.7. The van der Waals surface area contributed by atoms with E-state index in [-0.39, 0.29) is 17.5 Å². The van der Waals surface area contributed by atoms with Crippen LogP contribution in [0.3, 0.4) is 0 Å². The van der Waals surface area contributed by atoms with Crippen molar-refractivity contribution in [1.29, 1.82) is 0 Å². The summed E-state index contributed by atoms with van der Waals surface area (Å²) in [5.41, 5.74) is 2.12. The van der Waals surface area contributed by atoms with Crippen LogP contribution in [0, 0.1) is 0 Å². The number of benzene rings is 3. The van der Waals surface area contributed by atoms with Crippen molar-refractivity contribution in [1.82, 2.24) is 9.73 Å². The molecule has 0 spiro atoms. The number of hydrazine groups is 1. The van der Waals surface area contributed by atoms with E-state index in [9.17, 15) is 18.0 Å². The van der Waals surface area contributed by atoms with E-state index in [1.54, 1.807) is 53.4 Å². The van der Waals surface area contributed by atoms with Gasteiger partial charge in [0.1, 0.15) is 17.9 Å². The van der Waals surface area contributed by atoms with Gasteiger partial charge < -0.3 is 23.9 Å². The molecule has 1 atom stereocenters. The first-order chi connectivity index (χ1) is 20.8. The third kappa shape index (κ3) is 8.09. The van der Waals surface area contributed by atoms with Gasteiger partial charge in [0, 0.05) is 13.1 Å². The highest BCUT2D eigenvalue weighted by atomic mass is 32.2. The lowest BCUT2D eigenvalue weighted by Crippen LogP contribution is -2.45. The van der Waals surface area contributed by atoms with E-state index in [0.717, 1.165) is 11.1 Å². The third-order valence-corrected chi connectivity index (χ3v) is 8.11. The molecule has 1 aliphatic heterocycles. The number of fused-ring (bicyclic) bond motifs is 1. The van der Waals surface area contributed by atoms with Crippen LogP contribution < -0.4 is 19.3 Å². The Morgan fingerprint density at radius 1 is 1.02 bits per heavy atom. The number of carbonyl (C=O) groups is 2. The van der Waals surface area contributed by atoms with Gasteiger partial charge in [0.15, 0.2) is 11.5 Å². The number of aldehydes is 1. The fraction of sp³-hybridized carbons (Fsp3) is 0.394. The van der Waals surface area contributed by atoms with Crippen LogP contribution in [0.15, 0.2) is 71.6 Å². The van der Waals surface area contributed by atoms with E-state index in [0.29, 0.717) is 48.6 Å². The van der Waals surface area contributed by atoms with Gasteiger partial charge in [-0.2, -0.15) is 0 Å². The largest absolute Gasteiger partial charge is 0.490 e. The van der Waals surface area contributed by atoms with Crippen molar-refractivity contribution < 1.29 is 32.2 Å². The summed E-state index contributed by atoms with van der Waals surface area (Å²) >= 11 is 0. The summed E-state index contributed by atoms with van der Waals surface area (Å²) in [6.07, 6.45) is 0.755. The van der Waals surface area contributed by atoms with Gasteiger partial charge in [-0.1, -0.05) is 30.3 Å². The van der Waals surface area contributed by atoms with Crippen LogP contribution in [0.2, 0.25) is 0 Å². The summed E-state index contributed by atoms with van der Waals surface area (Å²) in [6, 6.07) is 17.4. The Bertz CT molecular complexity index is 1570. The van der Waals surface area contributed by atoms with Crippen molar-refractivity contribution in [3.05, 3.63) is 83.4 Å². The molecule has 1 heterocycles. The summed E-state index contributed by atoms with van der Waals surface area (Å²) in [7, 11) is -4.10. The lowest BCUT2D eigenvalue weighted by Gasteiger charge is -2.34. The SMILES string of the molecule is CCOc1cc(C(C=O)N(NS(=O)(=O)c2ccccc2)c2ccc3c(c2)CN(C(=O)OC(C)(C)C)CC3)ccc1OC(C)C. The molecule has 4 rings (SSSR count). The number of anilines is 1.